The molecule has 0 saturated carbocycles. The van der Waals surface area contributed by atoms with E-state index in [9.17, 15) is 4.79 Å². The topological polar surface area (TPSA) is 64.3 Å². The lowest BCUT2D eigenvalue weighted by molar-refractivity contribution is -0.116. The van der Waals surface area contributed by atoms with Crippen LogP contribution in [0.4, 0.5) is 5.69 Å². The van der Waals surface area contributed by atoms with Gasteiger partial charge in [0, 0.05) is 18.2 Å². The number of carbonyl (C=O) groups is 1. The summed E-state index contributed by atoms with van der Waals surface area (Å²) < 4.78 is 5.33. The Kier molecular flexibility index (Phi) is 3.64. The highest BCUT2D eigenvalue weighted by Crippen LogP contribution is 2.30. The van der Waals surface area contributed by atoms with Crippen molar-refractivity contribution < 1.29 is 9.53 Å². The zero-order valence-electron chi connectivity index (χ0n) is 10.1. The predicted octanol–water partition coefficient (Wildman–Crippen LogP) is 1.47. The maximum Gasteiger partial charge on any atom is 0.224 e. The zero-order chi connectivity index (χ0) is 12.3. The first-order valence-electron chi connectivity index (χ1n) is 5.94. The van der Waals surface area contributed by atoms with Crippen LogP contribution in [0.2, 0.25) is 0 Å². The van der Waals surface area contributed by atoms with Crippen molar-refractivity contribution >= 4 is 11.6 Å². The molecule has 1 aliphatic heterocycles. The van der Waals surface area contributed by atoms with E-state index in [4.69, 9.17) is 10.5 Å². The van der Waals surface area contributed by atoms with Crippen LogP contribution in [0.5, 0.6) is 5.75 Å². The standard InChI is InChI=1S/C13H18N2O2/c1-17-12-8-11-9(7-10(12)5-6-14)3-2-4-13(16)15-11/h7-8H,2-6,14H2,1H3,(H,15,16). The third-order valence-corrected chi connectivity index (χ3v) is 3.04. The Morgan fingerprint density at radius 2 is 2.24 bits per heavy atom. The van der Waals surface area contributed by atoms with Crippen LogP contribution in [0, 0.1) is 0 Å². The van der Waals surface area contributed by atoms with Gasteiger partial charge in [-0.2, -0.15) is 0 Å². The number of benzene rings is 1. The minimum Gasteiger partial charge on any atom is -0.496 e. The Hall–Kier alpha value is -1.55. The molecule has 92 valence electrons. The van der Waals surface area contributed by atoms with Crippen molar-refractivity contribution in [2.75, 3.05) is 19.0 Å². The molecule has 0 bridgehead atoms. The lowest BCUT2D eigenvalue weighted by Crippen LogP contribution is -2.10. The van der Waals surface area contributed by atoms with E-state index in [1.807, 2.05) is 6.07 Å². The Morgan fingerprint density at radius 1 is 1.41 bits per heavy atom. The van der Waals surface area contributed by atoms with Crippen molar-refractivity contribution in [2.24, 2.45) is 5.73 Å². The fraction of sp³-hybridized carbons (Fsp3) is 0.462. The Balaban J connectivity index is 2.40. The molecule has 0 fully saturated rings. The number of hydrogen-bond acceptors (Lipinski definition) is 3. The predicted molar refractivity (Wildman–Crippen MR) is 67.3 cm³/mol. The van der Waals surface area contributed by atoms with Gasteiger partial charge in [-0.25, -0.2) is 0 Å². The third-order valence-electron chi connectivity index (χ3n) is 3.04. The molecular weight excluding hydrogens is 216 g/mol. The summed E-state index contributed by atoms with van der Waals surface area (Å²) in [5.41, 5.74) is 8.76. The van der Waals surface area contributed by atoms with Crippen molar-refractivity contribution in [2.45, 2.75) is 25.7 Å². The van der Waals surface area contributed by atoms with Gasteiger partial charge in [-0.3, -0.25) is 4.79 Å². The summed E-state index contributed by atoms with van der Waals surface area (Å²) in [6.07, 6.45) is 3.20. The second kappa shape index (κ2) is 5.19. The number of amides is 1. The first kappa shape index (κ1) is 11.9. The quantitative estimate of drug-likeness (QED) is 0.832. The van der Waals surface area contributed by atoms with Crippen molar-refractivity contribution in [3.8, 4) is 5.75 Å². The number of methoxy groups -OCH3 is 1. The highest BCUT2D eigenvalue weighted by Gasteiger charge is 2.15. The fourth-order valence-corrected chi connectivity index (χ4v) is 2.19. The maximum absolute atomic E-state index is 11.5. The number of nitrogens with two attached hydrogens (primary N) is 1. The number of anilines is 1. The highest BCUT2D eigenvalue weighted by atomic mass is 16.5. The number of nitrogens with one attached hydrogen (secondary N) is 1. The van der Waals surface area contributed by atoms with Gasteiger partial charge in [0.05, 0.1) is 7.11 Å². The number of fused-ring (bicyclic) bond motifs is 1. The van der Waals surface area contributed by atoms with Gasteiger partial charge < -0.3 is 15.8 Å². The number of rotatable bonds is 3. The molecule has 0 atom stereocenters. The number of ether oxygens (including phenoxy) is 1. The van der Waals surface area contributed by atoms with Crippen LogP contribution in [-0.2, 0) is 17.6 Å². The minimum absolute atomic E-state index is 0.0809. The molecule has 0 aromatic heterocycles. The van der Waals surface area contributed by atoms with E-state index >= 15 is 0 Å². The second-order valence-electron chi connectivity index (χ2n) is 4.26. The van der Waals surface area contributed by atoms with E-state index in [1.165, 1.54) is 5.56 Å². The number of aryl methyl sites for hydroxylation is 1. The molecule has 0 saturated heterocycles. The van der Waals surface area contributed by atoms with E-state index < -0.39 is 0 Å². The van der Waals surface area contributed by atoms with Crippen molar-refractivity contribution in [3.05, 3.63) is 23.3 Å². The fourth-order valence-electron chi connectivity index (χ4n) is 2.19. The third kappa shape index (κ3) is 2.58. The molecule has 1 heterocycles. The van der Waals surface area contributed by atoms with Gasteiger partial charge in [-0.15, -0.1) is 0 Å². The van der Waals surface area contributed by atoms with Gasteiger partial charge in [0.2, 0.25) is 5.91 Å². The summed E-state index contributed by atoms with van der Waals surface area (Å²) in [6.45, 7) is 0.599. The van der Waals surface area contributed by atoms with Crippen LogP contribution < -0.4 is 15.8 Å². The van der Waals surface area contributed by atoms with E-state index in [0.29, 0.717) is 13.0 Å². The first-order chi connectivity index (χ1) is 8.24. The molecule has 0 spiro atoms. The Morgan fingerprint density at radius 3 is 2.94 bits per heavy atom. The van der Waals surface area contributed by atoms with E-state index in [1.54, 1.807) is 7.11 Å². The number of carbonyl (C=O) groups excluding carboxylic acids is 1. The average Bonchev–Trinajstić information content (AvgIpc) is 2.49. The molecule has 0 unspecified atom stereocenters. The largest absolute Gasteiger partial charge is 0.496 e. The molecule has 1 aromatic rings. The van der Waals surface area contributed by atoms with E-state index in [2.05, 4.69) is 11.4 Å². The smallest absolute Gasteiger partial charge is 0.224 e. The first-order valence-corrected chi connectivity index (χ1v) is 5.94. The van der Waals surface area contributed by atoms with Crippen LogP contribution >= 0.6 is 0 Å². The number of hydrogen-bond donors (Lipinski definition) is 2. The molecule has 1 aromatic carbocycles. The van der Waals surface area contributed by atoms with Gasteiger partial charge in [-0.05, 0) is 36.9 Å². The maximum atomic E-state index is 11.5. The summed E-state index contributed by atoms with van der Waals surface area (Å²) in [7, 11) is 1.64. The summed E-state index contributed by atoms with van der Waals surface area (Å²) in [6, 6.07) is 4.01. The normalized spacial score (nSPS) is 14.8. The van der Waals surface area contributed by atoms with E-state index in [0.717, 1.165) is 36.3 Å². The van der Waals surface area contributed by atoms with Gasteiger partial charge in [0.1, 0.15) is 5.75 Å². The van der Waals surface area contributed by atoms with Gasteiger partial charge in [-0.1, -0.05) is 6.07 Å². The van der Waals surface area contributed by atoms with Crippen LogP contribution in [0.15, 0.2) is 12.1 Å². The van der Waals surface area contributed by atoms with Crippen LogP contribution in [0.3, 0.4) is 0 Å². The molecule has 3 N–H and O–H groups in total. The lowest BCUT2D eigenvalue weighted by atomic mass is 10.0. The van der Waals surface area contributed by atoms with Crippen LogP contribution in [0.1, 0.15) is 24.0 Å². The molecule has 4 heteroatoms. The molecule has 2 rings (SSSR count). The van der Waals surface area contributed by atoms with Crippen molar-refractivity contribution in [1.82, 2.24) is 0 Å². The molecule has 0 radical (unpaired) electrons. The van der Waals surface area contributed by atoms with Gasteiger partial charge in [0.15, 0.2) is 0 Å². The second-order valence-corrected chi connectivity index (χ2v) is 4.26. The molecule has 4 nitrogen and oxygen atoms in total. The molecule has 1 amide bonds. The summed E-state index contributed by atoms with van der Waals surface area (Å²) in [4.78, 5) is 11.5. The monoisotopic (exact) mass is 234 g/mol. The highest BCUT2D eigenvalue weighted by molar-refractivity contribution is 5.92. The lowest BCUT2D eigenvalue weighted by Gasteiger charge is -2.13. The van der Waals surface area contributed by atoms with Gasteiger partial charge in [0.25, 0.3) is 0 Å². The zero-order valence-corrected chi connectivity index (χ0v) is 10.1. The molecular formula is C13H18N2O2. The molecule has 1 aliphatic rings. The summed E-state index contributed by atoms with van der Waals surface area (Å²) in [5, 5.41) is 2.92. The van der Waals surface area contributed by atoms with Gasteiger partial charge >= 0.3 is 0 Å². The van der Waals surface area contributed by atoms with Crippen LogP contribution in [-0.4, -0.2) is 19.6 Å². The SMILES string of the molecule is COc1cc2c(cc1CCN)CCCC(=O)N2. The van der Waals surface area contributed by atoms with E-state index in [-0.39, 0.29) is 5.91 Å². The average molecular weight is 234 g/mol. The summed E-state index contributed by atoms with van der Waals surface area (Å²) in [5.74, 6) is 0.883. The summed E-state index contributed by atoms with van der Waals surface area (Å²) >= 11 is 0. The van der Waals surface area contributed by atoms with Crippen molar-refractivity contribution in [1.29, 1.82) is 0 Å². The minimum atomic E-state index is 0.0809. The molecule has 17 heavy (non-hydrogen) atoms. The van der Waals surface area contributed by atoms with Crippen LogP contribution in [0.25, 0.3) is 0 Å². The Bertz CT molecular complexity index is 430. The Labute approximate surface area is 101 Å². The van der Waals surface area contributed by atoms with Crippen molar-refractivity contribution in [3.63, 3.8) is 0 Å². The molecule has 0 aliphatic carbocycles.